The average Bonchev–Trinajstić information content (AvgIpc) is 2.16. The molecule has 1 heterocycles. The number of carbonyl (C=O) groups excluding carboxylic acids is 1. The SMILES string of the molecule is NC(=O)CCNc1nc(Cl)ncc1[N+](=O)[O-]. The van der Waals surface area contributed by atoms with Crippen molar-refractivity contribution < 1.29 is 9.72 Å². The fourth-order valence-corrected chi connectivity index (χ4v) is 1.06. The average molecular weight is 246 g/mol. The van der Waals surface area contributed by atoms with Gasteiger partial charge in [-0.1, -0.05) is 0 Å². The Labute approximate surface area is 95.0 Å². The lowest BCUT2D eigenvalue weighted by atomic mass is 10.4. The van der Waals surface area contributed by atoms with E-state index in [1.54, 1.807) is 0 Å². The van der Waals surface area contributed by atoms with Crippen LogP contribution in [0.3, 0.4) is 0 Å². The van der Waals surface area contributed by atoms with Gasteiger partial charge < -0.3 is 11.1 Å². The third-order valence-corrected chi connectivity index (χ3v) is 1.78. The van der Waals surface area contributed by atoms with Crippen LogP contribution in [0.1, 0.15) is 6.42 Å². The Morgan fingerprint density at radius 2 is 2.38 bits per heavy atom. The number of nitrogens with one attached hydrogen (secondary N) is 1. The zero-order chi connectivity index (χ0) is 12.1. The fourth-order valence-electron chi connectivity index (χ4n) is 0.922. The van der Waals surface area contributed by atoms with Gasteiger partial charge in [-0.3, -0.25) is 14.9 Å². The molecule has 0 unspecified atom stereocenters. The van der Waals surface area contributed by atoms with E-state index in [0.29, 0.717) is 0 Å². The Morgan fingerprint density at radius 3 is 2.94 bits per heavy atom. The van der Waals surface area contributed by atoms with Crippen molar-refractivity contribution in [3.05, 3.63) is 21.6 Å². The second-order valence-corrected chi connectivity index (χ2v) is 3.11. The van der Waals surface area contributed by atoms with Crippen molar-refractivity contribution in [2.75, 3.05) is 11.9 Å². The van der Waals surface area contributed by atoms with Gasteiger partial charge in [-0.15, -0.1) is 0 Å². The van der Waals surface area contributed by atoms with E-state index in [0.717, 1.165) is 6.20 Å². The highest BCUT2D eigenvalue weighted by Gasteiger charge is 2.16. The summed E-state index contributed by atoms with van der Waals surface area (Å²) in [5.41, 5.74) is 4.60. The number of nitrogens with two attached hydrogens (primary N) is 1. The van der Waals surface area contributed by atoms with E-state index in [2.05, 4.69) is 15.3 Å². The lowest BCUT2D eigenvalue weighted by Gasteiger charge is -2.04. The van der Waals surface area contributed by atoms with Crippen LogP contribution >= 0.6 is 11.6 Å². The minimum absolute atomic E-state index is 0.0359. The molecule has 0 saturated carbocycles. The lowest BCUT2D eigenvalue weighted by Crippen LogP contribution is -2.16. The third kappa shape index (κ3) is 3.31. The van der Waals surface area contributed by atoms with Crippen LogP contribution in [0.2, 0.25) is 5.28 Å². The molecule has 3 N–H and O–H groups in total. The third-order valence-electron chi connectivity index (χ3n) is 1.60. The van der Waals surface area contributed by atoms with Crippen molar-refractivity contribution >= 4 is 29.0 Å². The Bertz CT molecular complexity index is 424. The summed E-state index contributed by atoms with van der Waals surface area (Å²) in [4.78, 5) is 27.5. The molecule has 0 fully saturated rings. The molecule has 0 atom stereocenters. The van der Waals surface area contributed by atoms with Crippen LogP contribution in [0.5, 0.6) is 0 Å². The first-order valence-electron chi connectivity index (χ1n) is 4.20. The van der Waals surface area contributed by atoms with E-state index in [1.165, 1.54) is 0 Å². The highest BCUT2D eigenvalue weighted by atomic mass is 35.5. The molecule has 8 nitrogen and oxygen atoms in total. The number of aromatic nitrogens is 2. The highest BCUT2D eigenvalue weighted by molar-refractivity contribution is 6.28. The summed E-state index contributed by atoms with van der Waals surface area (Å²) >= 11 is 5.49. The lowest BCUT2D eigenvalue weighted by molar-refractivity contribution is -0.384. The molecule has 1 rings (SSSR count). The molecule has 0 aliphatic rings. The van der Waals surface area contributed by atoms with E-state index in [4.69, 9.17) is 17.3 Å². The molecule has 0 aliphatic heterocycles. The number of nitro groups is 1. The van der Waals surface area contributed by atoms with Gasteiger partial charge in [0.25, 0.3) is 0 Å². The Morgan fingerprint density at radius 1 is 1.69 bits per heavy atom. The maximum Gasteiger partial charge on any atom is 0.329 e. The zero-order valence-electron chi connectivity index (χ0n) is 8.01. The second-order valence-electron chi connectivity index (χ2n) is 2.77. The molecular weight excluding hydrogens is 238 g/mol. The van der Waals surface area contributed by atoms with Crippen molar-refractivity contribution in [3.8, 4) is 0 Å². The summed E-state index contributed by atoms with van der Waals surface area (Å²) in [6, 6.07) is 0. The van der Waals surface area contributed by atoms with Gasteiger partial charge in [0.05, 0.1) is 4.92 Å². The van der Waals surface area contributed by atoms with Crippen LogP contribution in [0.25, 0.3) is 0 Å². The number of primary amides is 1. The number of rotatable bonds is 5. The molecule has 9 heteroatoms. The summed E-state index contributed by atoms with van der Waals surface area (Å²) in [6.45, 7) is 0.142. The molecule has 16 heavy (non-hydrogen) atoms. The summed E-state index contributed by atoms with van der Waals surface area (Å²) < 4.78 is 0. The van der Waals surface area contributed by atoms with E-state index < -0.39 is 10.8 Å². The predicted octanol–water partition coefficient (Wildman–Crippen LogP) is 0.325. The topological polar surface area (TPSA) is 124 Å². The Kier molecular flexibility index (Phi) is 3.95. The van der Waals surface area contributed by atoms with Gasteiger partial charge in [-0.25, -0.2) is 4.98 Å². The number of hydrogen-bond acceptors (Lipinski definition) is 6. The smallest absolute Gasteiger partial charge is 0.329 e. The number of carbonyl (C=O) groups is 1. The van der Waals surface area contributed by atoms with Crippen LogP contribution in [0.15, 0.2) is 6.20 Å². The first kappa shape index (κ1) is 12.1. The maximum absolute atomic E-state index is 10.6. The van der Waals surface area contributed by atoms with Crippen molar-refractivity contribution in [1.82, 2.24) is 9.97 Å². The van der Waals surface area contributed by atoms with Gasteiger partial charge in [-0.05, 0) is 11.6 Å². The number of hydrogen-bond donors (Lipinski definition) is 2. The molecule has 1 amide bonds. The van der Waals surface area contributed by atoms with Gasteiger partial charge >= 0.3 is 5.69 Å². The Hall–Kier alpha value is -1.96. The molecular formula is C7H8ClN5O3. The van der Waals surface area contributed by atoms with E-state index in [9.17, 15) is 14.9 Å². The monoisotopic (exact) mass is 245 g/mol. The minimum Gasteiger partial charge on any atom is -0.370 e. The molecule has 0 aromatic carbocycles. The predicted molar refractivity (Wildman–Crippen MR) is 56.0 cm³/mol. The highest BCUT2D eigenvalue weighted by Crippen LogP contribution is 2.21. The number of amides is 1. The summed E-state index contributed by atoms with van der Waals surface area (Å²) in [5.74, 6) is -0.554. The van der Waals surface area contributed by atoms with Crippen molar-refractivity contribution in [3.63, 3.8) is 0 Å². The molecule has 0 bridgehead atoms. The Balaban J connectivity index is 2.80. The standard InChI is InChI=1S/C7H8ClN5O3/c8-7-11-3-4(13(15)16)6(12-7)10-2-1-5(9)14/h3H,1-2H2,(H2,9,14)(H,10,11,12). The maximum atomic E-state index is 10.6. The van der Waals surface area contributed by atoms with E-state index in [-0.39, 0.29) is 29.8 Å². The molecule has 0 aliphatic carbocycles. The summed E-state index contributed by atoms with van der Waals surface area (Å²) in [7, 11) is 0. The molecule has 1 aromatic rings. The van der Waals surface area contributed by atoms with Crippen molar-refractivity contribution in [1.29, 1.82) is 0 Å². The van der Waals surface area contributed by atoms with Crippen LogP contribution in [-0.2, 0) is 4.79 Å². The first-order chi connectivity index (χ1) is 7.50. The largest absolute Gasteiger partial charge is 0.370 e. The van der Waals surface area contributed by atoms with Crippen molar-refractivity contribution in [2.24, 2.45) is 5.73 Å². The van der Waals surface area contributed by atoms with Gasteiger partial charge in [-0.2, -0.15) is 4.98 Å². The van der Waals surface area contributed by atoms with Gasteiger partial charge in [0.1, 0.15) is 6.20 Å². The molecule has 0 radical (unpaired) electrons. The summed E-state index contributed by atoms with van der Waals surface area (Å²) in [6.07, 6.45) is 1.03. The van der Waals surface area contributed by atoms with Gasteiger partial charge in [0.15, 0.2) is 0 Å². The fraction of sp³-hybridized carbons (Fsp3) is 0.286. The van der Waals surface area contributed by atoms with Gasteiger partial charge in [0, 0.05) is 13.0 Å². The first-order valence-corrected chi connectivity index (χ1v) is 4.57. The molecule has 0 spiro atoms. The van der Waals surface area contributed by atoms with Crippen LogP contribution in [-0.4, -0.2) is 27.3 Å². The molecule has 1 aromatic heterocycles. The number of nitrogens with zero attached hydrogens (tertiary/aromatic N) is 3. The molecule has 86 valence electrons. The van der Waals surface area contributed by atoms with E-state index >= 15 is 0 Å². The van der Waals surface area contributed by atoms with Crippen LogP contribution in [0.4, 0.5) is 11.5 Å². The quantitative estimate of drug-likeness (QED) is 0.437. The number of halogens is 1. The van der Waals surface area contributed by atoms with Crippen LogP contribution < -0.4 is 11.1 Å². The normalized spacial score (nSPS) is 9.81. The number of anilines is 1. The van der Waals surface area contributed by atoms with E-state index in [1.807, 2.05) is 0 Å². The second kappa shape index (κ2) is 5.21. The van der Waals surface area contributed by atoms with Crippen LogP contribution in [0, 0.1) is 10.1 Å². The minimum atomic E-state index is -0.650. The van der Waals surface area contributed by atoms with Crippen molar-refractivity contribution in [2.45, 2.75) is 6.42 Å². The molecule has 0 saturated heterocycles. The van der Waals surface area contributed by atoms with Gasteiger partial charge in [0.2, 0.25) is 17.0 Å². The summed E-state index contributed by atoms with van der Waals surface area (Å²) in [5, 5.41) is 13.1. The zero-order valence-corrected chi connectivity index (χ0v) is 8.77.